The topological polar surface area (TPSA) is 40.5 Å². The summed E-state index contributed by atoms with van der Waals surface area (Å²) in [4.78, 5) is 12.9. The Morgan fingerprint density at radius 1 is 0.421 bits per heavy atom. The summed E-state index contributed by atoms with van der Waals surface area (Å²) in [5.41, 5.74) is 0. The summed E-state index contributed by atoms with van der Waals surface area (Å²) in [7, 11) is 0. The summed E-state index contributed by atoms with van der Waals surface area (Å²) in [6.07, 6.45) is 36.1. The maximum absolute atomic E-state index is 10.3. The van der Waals surface area contributed by atoms with E-state index in [-0.39, 0.29) is 0 Å². The maximum Gasteiger partial charge on any atom is 0.303 e. The van der Waals surface area contributed by atoms with Gasteiger partial charge in [-0.1, -0.05) is 182 Å². The Labute approximate surface area is 241 Å². The van der Waals surface area contributed by atoms with Gasteiger partial charge in [0.25, 0.3) is 0 Å². The normalized spacial score (nSPS) is 11.1. The monoisotopic (exact) mass is 540 g/mol. The predicted molar refractivity (Wildman–Crippen MR) is 171 cm³/mol. The van der Waals surface area contributed by atoms with Gasteiger partial charge in [0.15, 0.2) is 0 Å². The van der Waals surface area contributed by atoms with Crippen LogP contribution in [0.2, 0.25) is 0 Å². The first-order chi connectivity index (χ1) is 18.6. The van der Waals surface area contributed by atoms with Crippen LogP contribution in [0, 0.1) is 0 Å². The van der Waals surface area contributed by atoms with Crippen LogP contribution in [0.25, 0.3) is 0 Å². The van der Waals surface area contributed by atoms with Gasteiger partial charge in [0.05, 0.1) is 0 Å². The van der Waals surface area contributed by atoms with Crippen LogP contribution < -0.4 is 0 Å². The summed E-state index contributed by atoms with van der Waals surface area (Å²) in [5.74, 6) is -0.653. The van der Waals surface area contributed by atoms with Crippen molar-refractivity contribution < 1.29 is 9.90 Å². The fourth-order valence-corrected chi connectivity index (χ4v) is 5.19. The molecule has 3 heteroatoms. The van der Waals surface area contributed by atoms with Crippen LogP contribution in [0.5, 0.6) is 0 Å². The van der Waals surface area contributed by atoms with E-state index in [1.165, 1.54) is 174 Å². The van der Waals surface area contributed by atoms with E-state index in [4.69, 9.17) is 5.11 Å². The van der Waals surface area contributed by atoms with Gasteiger partial charge in [0.1, 0.15) is 0 Å². The molecule has 0 bridgehead atoms. The third-order valence-corrected chi connectivity index (χ3v) is 7.97. The number of hydrogen-bond acceptors (Lipinski definition) is 2. The molecule has 0 aliphatic carbocycles. The lowest BCUT2D eigenvalue weighted by molar-refractivity contribution is -0.137. The molecule has 0 radical (unpaired) electrons. The smallest absolute Gasteiger partial charge is 0.303 e. The molecule has 0 heterocycles. The molecular formula is C35H73NO2. The Morgan fingerprint density at radius 3 is 0.947 bits per heavy atom. The van der Waals surface area contributed by atoms with Crippen LogP contribution in [-0.4, -0.2) is 35.6 Å². The highest BCUT2D eigenvalue weighted by molar-refractivity contribution is 5.66. The van der Waals surface area contributed by atoms with Gasteiger partial charge in [-0.3, -0.25) is 4.79 Å². The number of carboxylic acid groups (broad SMARTS) is 1. The van der Waals surface area contributed by atoms with Gasteiger partial charge in [0, 0.05) is 6.42 Å². The highest BCUT2D eigenvalue weighted by Crippen LogP contribution is 2.14. The zero-order chi connectivity index (χ0) is 28.4. The molecule has 0 aromatic heterocycles. The lowest BCUT2D eigenvalue weighted by Gasteiger charge is -2.17. The largest absolute Gasteiger partial charge is 0.481 e. The van der Waals surface area contributed by atoms with E-state index in [2.05, 4.69) is 32.6 Å². The first-order valence-electron chi connectivity index (χ1n) is 17.6. The van der Waals surface area contributed by atoms with E-state index in [9.17, 15) is 4.79 Å². The Bertz CT molecular complexity index is 422. The second-order valence-corrected chi connectivity index (χ2v) is 11.7. The van der Waals surface area contributed by atoms with E-state index in [1.807, 2.05) is 0 Å². The molecule has 0 unspecified atom stereocenters. The third-order valence-electron chi connectivity index (χ3n) is 7.97. The molecule has 1 N–H and O–H groups in total. The highest BCUT2D eigenvalue weighted by atomic mass is 16.4. The number of nitrogens with zero attached hydrogens (tertiary/aromatic N) is 1. The standard InChI is InChI=1S/C18H36O2.C17H37N/c1-2-3-4-5-6-7-8-9-10-11-12-13-14-15-16-17-18(19)20;1-4-7-8-9-10-11-12-13-14-15-16-17-18(5-2)6-3/h2-17H2,1H3,(H,19,20);4-17H2,1-3H3. The van der Waals surface area contributed by atoms with Gasteiger partial charge in [0.2, 0.25) is 0 Å². The van der Waals surface area contributed by atoms with Gasteiger partial charge in [-0.15, -0.1) is 0 Å². The van der Waals surface area contributed by atoms with Crippen LogP contribution in [0.4, 0.5) is 0 Å². The van der Waals surface area contributed by atoms with Crippen molar-refractivity contribution in [3.05, 3.63) is 0 Å². The molecule has 0 saturated heterocycles. The molecule has 0 aromatic rings. The molecular weight excluding hydrogens is 466 g/mol. The van der Waals surface area contributed by atoms with Crippen molar-refractivity contribution in [1.82, 2.24) is 4.90 Å². The van der Waals surface area contributed by atoms with E-state index in [0.717, 1.165) is 12.8 Å². The predicted octanol–water partition coefficient (Wildman–Crippen LogP) is 12.0. The number of carbonyl (C=O) groups is 1. The van der Waals surface area contributed by atoms with Crippen molar-refractivity contribution in [2.24, 2.45) is 0 Å². The van der Waals surface area contributed by atoms with Gasteiger partial charge in [-0.25, -0.2) is 0 Å². The molecule has 0 aromatic carbocycles. The van der Waals surface area contributed by atoms with Crippen LogP contribution in [0.1, 0.15) is 201 Å². The number of aliphatic carboxylic acids is 1. The number of unbranched alkanes of at least 4 members (excludes halogenated alkanes) is 24. The molecule has 0 spiro atoms. The van der Waals surface area contributed by atoms with Crippen LogP contribution in [-0.2, 0) is 4.79 Å². The Morgan fingerprint density at radius 2 is 0.684 bits per heavy atom. The number of hydrogen-bond donors (Lipinski definition) is 1. The minimum Gasteiger partial charge on any atom is -0.481 e. The molecule has 3 nitrogen and oxygen atoms in total. The molecule has 0 rings (SSSR count). The minimum absolute atomic E-state index is 0.345. The van der Waals surface area contributed by atoms with Gasteiger partial charge < -0.3 is 10.0 Å². The second-order valence-electron chi connectivity index (χ2n) is 11.7. The van der Waals surface area contributed by atoms with Crippen molar-refractivity contribution in [2.45, 2.75) is 201 Å². The van der Waals surface area contributed by atoms with Crippen molar-refractivity contribution >= 4 is 5.97 Å². The third kappa shape index (κ3) is 37.6. The maximum atomic E-state index is 10.3. The lowest BCUT2D eigenvalue weighted by Crippen LogP contribution is -2.23. The van der Waals surface area contributed by atoms with E-state index >= 15 is 0 Å². The molecule has 0 aliphatic heterocycles. The Hall–Kier alpha value is -0.570. The van der Waals surface area contributed by atoms with E-state index in [1.54, 1.807) is 0 Å². The zero-order valence-corrected chi connectivity index (χ0v) is 27.0. The summed E-state index contributed by atoms with van der Waals surface area (Å²) in [6, 6.07) is 0. The van der Waals surface area contributed by atoms with Gasteiger partial charge in [-0.2, -0.15) is 0 Å². The van der Waals surface area contributed by atoms with Crippen LogP contribution in [0.15, 0.2) is 0 Å². The summed E-state index contributed by atoms with van der Waals surface area (Å²) in [6.45, 7) is 12.8. The van der Waals surface area contributed by atoms with Crippen molar-refractivity contribution in [2.75, 3.05) is 19.6 Å². The molecule has 38 heavy (non-hydrogen) atoms. The Balaban J connectivity index is 0. The van der Waals surface area contributed by atoms with E-state index in [0.29, 0.717) is 6.42 Å². The van der Waals surface area contributed by atoms with Crippen LogP contribution in [0.3, 0.4) is 0 Å². The van der Waals surface area contributed by atoms with Gasteiger partial charge in [-0.05, 0) is 32.5 Å². The molecule has 0 fully saturated rings. The van der Waals surface area contributed by atoms with Crippen molar-refractivity contribution in [3.63, 3.8) is 0 Å². The van der Waals surface area contributed by atoms with Crippen molar-refractivity contribution in [1.29, 1.82) is 0 Å². The fourth-order valence-electron chi connectivity index (χ4n) is 5.19. The fraction of sp³-hybridized carbons (Fsp3) is 0.971. The van der Waals surface area contributed by atoms with Gasteiger partial charge >= 0.3 is 5.97 Å². The average molecular weight is 540 g/mol. The second kappa shape index (κ2) is 36.4. The molecule has 0 atom stereocenters. The average Bonchev–Trinajstić information content (AvgIpc) is 2.92. The zero-order valence-electron chi connectivity index (χ0n) is 27.0. The molecule has 0 saturated carbocycles. The van der Waals surface area contributed by atoms with Crippen LogP contribution >= 0.6 is 0 Å². The summed E-state index contributed by atoms with van der Waals surface area (Å²) in [5, 5.41) is 8.52. The summed E-state index contributed by atoms with van der Waals surface area (Å²) < 4.78 is 0. The summed E-state index contributed by atoms with van der Waals surface area (Å²) >= 11 is 0. The Kier molecular flexibility index (Phi) is 37.9. The molecule has 0 aliphatic rings. The quantitative estimate of drug-likeness (QED) is 0.0922. The lowest BCUT2D eigenvalue weighted by atomic mass is 10.0. The highest BCUT2D eigenvalue weighted by Gasteiger charge is 1.99. The SMILES string of the molecule is CCCCCCCCCCCCCCCCCC(=O)O.CCCCCCCCCCCCCN(CC)CC. The first kappa shape index (κ1) is 39.6. The number of rotatable bonds is 30. The molecule has 230 valence electrons. The minimum atomic E-state index is -0.653. The first-order valence-corrected chi connectivity index (χ1v) is 17.6. The number of carboxylic acids is 1. The van der Waals surface area contributed by atoms with E-state index < -0.39 is 5.97 Å². The van der Waals surface area contributed by atoms with Crippen molar-refractivity contribution in [3.8, 4) is 0 Å². The molecule has 0 amide bonds.